The van der Waals surface area contributed by atoms with Crippen LogP contribution in [0.5, 0.6) is 11.5 Å². The molecule has 0 radical (unpaired) electrons. The van der Waals surface area contributed by atoms with Crippen LogP contribution in [0.1, 0.15) is 66.6 Å². The van der Waals surface area contributed by atoms with Crippen LogP contribution in [-0.2, 0) is 10.3 Å². The molecule has 6 heteroatoms. The van der Waals surface area contributed by atoms with Crippen molar-refractivity contribution in [3.63, 3.8) is 0 Å². The van der Waals surface area contributed by atoms with E-state index in [0.717, 1.165) is 66.8 Å². The third kappa shape index (κ3) is 4.48. The van der Waals surface area contributed by atoms with Crippen molar-refractivity contribution in [3.05, 3.63) is 112 Å². The van der Waals surface area contributed by atoms with Crippen LogP contribution in [0.2, 0.25) is 5.02 Å². The van der Waals surface area contributed by atoms with E-state index in [-0.39, 0.29) is 5.97 Å². The number of para-hydroxylation sites is 1. The minimum atomic E-state index is -1.15. The molecule has 0 bridgehead atoms. The Hall–Kier alpha value is -3.96. The third-order valence-electron chi connectivity index (χ3n) is 7.77. The van der Waals surface area contributed by atoms with Crippen LogP contribution in [0.3, 0.4) is 0 Å². The molecule has 0 saturated carbocycles. The zero-order valence-corrected chi connectivity index (χ0v) is 23.6. The minimum Gasteiger partial charge on any atom is -0.456 e. The highest BCUT2D eigenvalue weighted by Gasteiger charge is 2.53. The number of ether oxygens (including phenoxy) is 2. The Bertz CT molecular complexity index is 1550. The lowest BCUT2D eigenvalue weighted by atomic mass is 9.77. The molecule has 1 atom stereocenters. The number of hydrogen-bond acceptors (Lipinski definition) is 5. The Labute approximate surface area is 240 Å². The van der Waals surface area contributed by atoms with Gasteiger partial charge in [-0.15, -0.1) is 0 Å². The standard InChI is InChI=1S/C34H33ClN2O3/c1-3-5-18-37(19-6-4-2)24-16-17-27-31(20-24)39-32-22-29(35)30(36-23-12-8-7-9-13-23)21-28(32)34(27)26-15-11-10-14-25(26)33(38)40-34/h7-17,20-22,36H,3-6,18-19H2,1-2H3. The summed E-state index contributed by atoms with van der Waals surface area (Å²) in [7, 11) is 0. The number of hydrogen-bond donors (Lipinski definition) is 1. The van der Waals surface area contributed by atoms with Gasteiger partial charge in [-0.05, 0) is 49.2 Å². The first-order valence-electron chi connectivity index (χ1n) is 14.1. The first kappa shape index (κ1) is 26.3. The van der Waals surface area contributed by atoms with Crippen molar-refractivity contribution in [2.24, 2.45) is 0 Å². The van der Waals surface area contributed by atoms with E-state index in [1.165, 1.54) is 0 Å². The maximum atomic E-state index is 13.3. The van der Waals surface area contributed by atoms with Crippen LogP contribution < -0.4 is 15.0 Å². The molecule has 1 N–H and O–H groups in total. The maximum Gasteiger partial charge on any atom is 0.340 e. The minimum absolute atomic E-state index is 0.349. The van der Waals surface area contributed by atoms with Crippen LogP contribution in [-0.4, -0.2) is 19.1 Å². The summed E-state index contributed by atoms with van der Waals surface area (Å²) in [5.41, 5.74) is 4.48. The van der Waals surface area contributed by atoms with Crippen molar-refractivity contribution < 1.29 is 14.3 Å². The Morgan fingerprint density at radius 3 is 2.25 bits per heavy atom. The lowest BCUT2D eigenvalue weighted by molar-refractivity contribution is 0.0224. The lowest BCUT2D eigenvalue weighted by Crippen LogP contribution is -2.33. The average molecular weight is 553 g/mol. The van der Waals surface area contributed by atoms with Gasteiger partial charge in [0.05, 0.1) is 16.3 Å². The molecule has 1 spiro atoms. The summed E-state index contributed by atoms with van der Waals surface area (Å²) >= 11 is 6.80. The molecule has 0 aliphatic carbocycles. The Balaban J connectivity index is 1.51. The number of carbonyl (C=O) groups excluding carboxylic acids is 1. The molecule has 4 aromatic carbocycles. The van der Waals surface area contributed by atoms with E-state index in [0.29, 0.717) is 27.8 Å². The predicted octanol–water partition coefficient (Wildman–Crippen LogP) is 9.06. The molecule has 4 aromatic rings. The second kappa shape index (κ2) is 10.9. The van der Waals surface area contributed by atoms with E-state index in [1.54, 1.807) is 0 Å². The van der Waals surface area contributed by atoms with Gasteiger partial charge < -0.3 is 19.7 Å². The number of esters is 1. The zero-order chi connectivity index (χ0) is 27.7. The van der Waals surface area contributed by atoms with Crippen molar-refractivity contribution in [3.8, 4) is 11.5 Å². The van der Waals surface area contributed by atoms with E-state index < -0.39 is 5.60 Å². The maximum absolute atomic E-state index is 13.3. The highest BCUT2D eigenvalue weighted by atomic mass is 35.5. The van der Waals surface area contributed by atoms with Crippen molar-refractivity contribution >= 4 is 34.6 Å². The fourth-order valence-electron chi connectivity index (χ4n) is 5.72. The summed E-state index contributed by atoms with van der Waals surface area (Å²) in [6.07, 6.45) is 4.49. The lowest BCUT2D eigenvalue weighted by Gasteiger charge is -2.37. The average Bonchev–Trinajstić information content (AvgIpc) is 3.27. The van der Waals surface area contributed by atoms with E-state index in [2.05, 4.69) is 42.3 Å². The van der Waals surface area contributed by atoms with Crippen LogP contribution in [0, 0.1) is 0 Å². The van der Waals surface area contributed by atoms with Crippen LogP contribution in [0.4, 0.5) is 17.1 Å². The van der Waals surface area contributed by atoms with Gasteiger partial charge in [-0.3, -0.25) is 0 Å². The number of nitrogens with one attached hydrogen (secondary N) is 1. The van der Waals surface area contributed by atoms with E-state index in [9.17, 15) is 4.79 Å². The number of unbranched alkanes of at least 4 members (excludes halogenated alkanes) is 2. The molecule has 0 aromatic heterocycles. The number of carbonyl (C=O) groups is 1. The Morgan fingerprint density at radius 1 is 0.800 bits per heavy atom. The van der Waals surface area contributed by atoms with Crippen LogP contribution in [0.15, 0.2) is 84.9 Å². The molecular weight excluding hydrogens is 520 g/mol. The first-order valence-corrected chi connectivity index (χ1v) is 14.5. The smallest absolute Gasteiger partial charge is 0.340 e. The summed E-state index contributed by atoms with van der Waals surface area (Å²) in [6, 6.07) is 27.5. The van der Waals surface area contributed by atoms with Gasteiger partial charge in [-0.25, -0.2) is 4.79 Å². The van der Waals surface area contributed by atoms with Gasteiger partial charge >= 0.3 is 5.97 Å². The fourth-order valence-corrected chi connectivity index (χ4v) is 5.92. The van der Waals surface area contributed by atoms with Gasteiger partial charge in [0.2, 0.25) is 0 Å². The highest BCUT2D eigenvalue weighted by molar-refractivity contribution is 6.33. The number of halogens is 1. The molecule has 40 heavy (non-hydrogen) atoms. The Morgan fingerprint density at radius 2 is 1.50 bits per heavy atom. The SMILES string of the molecule is CCCCN(CCCC)c1ccc2c(c1)Oc1cc(Cl)c(Nc3ccccc3)cc1C21OC(=O)c2ccccc21. The molecule has 0 saturated heterocycles. The molecule has 204 valence electrons. The number of fused-ring (bicyclic) bond motifs is 6. The molecule has 2 heterocycles. The molecule has 0 amide bonds. The normalized spacial score (nSPS) is 16.5. The van der Waals surface area contributed by atoms with Gasteiger partial charge in [-0.1, -0.05) is 74.7 Å². The molecule has 2 aliphatic heterocycles. The number of benzene rings is 4. The summed E-state index contributed by atoms with van der Waals surface area (Å²) in [6.45, 7) is 6.39. The van der Waals surface area contributed by atoms with Crippen molar-refractivity contribution in [2.75, 3.05) is 23.3 Å². The van der Waals surface area contributed by atoms with E-state index in [1.807, 2.05) is 66.7 Å². The van der Waals surface area contributed by atoms with Crippen LogP contribution in [0.25, 0.3) is 0 Å². The van der Waals surface area contributed by atoms with E-state index in [4.69, 9.17) is 21.1 Å². The third-order valence-corrected chi connectivity index (χ3v) is 8.08. The quantitative estimate of drug-likeness (QED) is 0.210. The summed E-state index contributed by atoms with van der Waals surface area (Å²) in [5.74, 6) is 0.900. The first-order chi connectivity index (χ1) is 19.5. The highest BCUT2D eigenvalue weighted by Crippen LogP contribution is 2.57. The summed E-state index contributed by atoms with van der Waals surface area (Å²) in [5, 5.41) is 3.93. The number of anilines is 3. The Kier molecular flexibility index (Phi) is 7.16. The zero-order valence-electron chi connectivity index (χ0n) is 22.9. The van der Waals surface area contributed by atoms with Crippen molar-refractivity contribution in [2.45, 2.75) is 45.1 Å². The monoisotopic (exact) mass is 552 g/mol. The van der Waals surface area contributed by atoms with Gasteiger partial charge in [-0.2, -0.15) is 0 Å². The number of rotatable bonds is 9. The second-order valence-corrected chi connectivity index (χ2v) is 10.8. The number of nitrogens with zero attached hydrogens (tertiary/aromatic N) is 1. The summed E-state index contributed by atoms with van der Waals surface area (Å²) in [4.78, 5) is 15.7. The van der Waals surface area contributed by atoms with Gasteiger partial charge in [0.15, 0.2) is 5.60 Å². The van der Waals surface area contributed by atoms with Crippen LogP contribution >= 0.6 is 11.6 Å². The largest absolute Gasteiger partial charge is 0.456 e. The second-order valence-electron chi connectivity index (χ2n) is 10.4. The molecule has 1 unspecified atom stereocenters. The molecule has 6 rings (SSSR count). The molecule has 5 nitrogen and oxygen atoms in total. The fraction of sp³-hybridized carbons (Fsp3) is 0.265. The van der Waals surface area contributed by atoms with Crippen molar-refractivity contribution in [1.82, 2.24) is 0 Å². The van der Waals surface area contributed by atoms with Gasteiger partial charge in [0.25, 0.3) is 0 Å². The predicted molar refractivity (Wildman–Crippen MR) is 161 cm³/mol. The van der Waals surface area contributed by atoms with Crippen molar-refractivity contribution in [1.29, 1.82) is 0 Å². The molecule has 2 aliphatic rings. The van der Waals surface area contributed by atoms with Gasteiger partial charge in [0.1, 0.15) is 11.5 Å². The van der Waals surface area contributed by atoms with Gasteiger partial charge in [0, 0.05) is 53.3 Å². The summed E-state index contributed by atoms with van der Waals surface area (Å²) < 4.78 is 13.0. The topological polar surface area (TPSA) is 50.8 Å². The molecular formula is C34H33ClN2O3. The molecule has 0 fully saturated rings. The van der Waals surface area contributed by atoms with E-state index >= 15 is 0 Å².